The molecule has 1 fully saturated rings. The molecule has 1 aromatic heterocycles. The molecule has 178 valence electrons. The van der Waals surface area contributed by atoms with Gasteiger partial charge in [-0.15, -0.1) is 0 Å². The standard InChI is InChI=1S/C27H31N3O4/c1-17-12-13-21(14-18(17)2)30-26(32)22-15-19-8-7-11-23(33-3)25(19)34-27(22)29(30)16-24(31)28-20-9-5-4-6-10-20/h7-8,11-14,20H,4-6,9-10,15-16H2,1-3H3,(H,28,31). The maximum atomic E-state index is 13.7. The van der Waals surface area contributed by atoms with Crippen LogP contribution >= 0.6 is 0 Å². The summed E-state index contributed by atoms with van der Waals surface area (Å²) in [4.78, 5) is 26.8. The molecule has 2 aliphatic rings. The zero-order valence-corrected chi connectivity index (χ0v) is 20.0. The highest BCUT2D eigenvalue weighted by Gasteiger charge is 2.31. The molecular formula is C27H31N3O4. The number of ether oxygens (including phenoxy) is 2. The highest BCUT2D eigenvalue weighted by atomic mass is 16.5. The third-order valence-electron chi connectivity index (χ3n) is 7.03. The Bertz CT molecular complexity index is 1300. The van der Waals surface area contributed by atoms with Gasteiger partial charge in [-0.1, -0.05) is 37.5 Å². The minimum atomic E-state index is -0.169. The van der Waals surface area contributed by atoms with E-state index in [1.165, 1.54) is 6.42 Å². The monoisotopic (exact) mass is 461 g/mol. The topological polar surface area (TPSA) is 74.5 Å². The summed E-state index contributed by atoms with van der Waals surface area (Å²) in [6.07, 6.45) is 5.91. The van der Waals surface area contributed by atoms with Gasteiger partial charge in [0.1, 0.15) is 6.54 Å². The van der Waals surface area contributed by atoms with Gasteiger partial charge in [-0.25, -0.2) is 9.36 Å². The number of hydrogen-bond donors (Lipinski definition) is 1. The Morgan fingerprint density at radius 3 is 2.65 bits per heavy atom. The summed E-state index contributed by atoms with van der Waals surface area (Å²) >= 11 is 0. The van der Waals surface area contributed by atoms with Gasteiger partial charge in [0.2, 0.25) is 11.8 Å². The third-order valence-corrected chi connectivity index (χ3v) is 7.03. The van der Waals surface area contributed by atoms with Crippen molar-refractivity contribution in [2.45, 2.75) is 65.0 Å². The van der Waals surface area contributed by atoms with Crippen LogP contribution in [0.3, 0.4) is 0 Å². The Kier molecular flexibility index (Phi) is 5.94. The lowest BCUT2D eigenvalue weighted by Crippen LogP contribution is -2.39. The predicted molar refractivity (Wildman–Crippen MR) is 130 cm³/mol. The van der Waals surface area contributed by atoms with Crippen molar-refractivity contribution in [3.8, 4) is 23.1 Å². The van der Waals surface area contributed by atoms with Crippen LogP contribution < -0.4 is 20.3 Å². The molecule has 0 unspecified atom stereocenters. The fraction of sp³-hybridized carbons (Fsp3) is 0.407. The van der Waals surface area contributed by atoms with Crippen LogP contribution in [0.15, 0.2) is 41.2 Å². The molecule has 2 aromatic carbocycles. The van der Waals surface area contributed by atoms with Crippen molar-refractivity contribution in [3.63, 3.8) is 0 Å². The zero-order valence-electron chi connectivity index (χ0n) is 20.0. The van der Waals surface area contributed by atoms with Gasteiger partial charge >= 0.3 is 0 Å². The molecule has 0 saturated heterocycles. The first-order valence-corrected chi connectivity index (χ1v) is 12.0. The molecule has 1 aliphatic heterocycles. The number of benzene rings is 2. The molecule has 1 amide bonds. The summed E-state index contributed by atoms with van der Waals surface area (Å²) in [5.74, 6) is 1.49. The molecule has 1 N–H and O–H groups in total. The molecule has 0 spiro atoms. The van der Waals surface area contributed by atoms with Crippen LogP contribution in [0.25, 0.3) is 5.69 Å². The minimum Gasteiger partial charge on any atom is -0.493 e. The Balaban J connectivity index is 1.58. The third kappa shape index (κ3) is 4.00. The van der Waals surface area contributed by atoms with Crippen LogP contribution in [-0.4, -0.2) is 28.4 Å². The van der Waals surface area contributed by atoms with Gasteiger partial charge in [0.05, 0.1) is 18.4 Å². The number of hydrogen-bond acceptors (Lipinski definition) is 4. The number of fused-ring (bicyclic) bond motifs is 2. The van der Waals surface area contributed by atoms with Crippen LogP contribution in [0.1, 0.15) is 54.4 Å². The van der Waals surface area contributed by atoms with E-state index < -0.39 is 0 Å². The first-order valence-electron chi connectivity index (χ1n) is 12.0. The molecule has 5 rings (SSSR count). The number of para-hydroxylation sites is 1. The number of nitrogens with zero attached hydrogens (tertiary/aromatic N) is 2. The molecule has 3 aromatic rings. The maximum absolute atomic E-state index is 13.7. The van der Waals surface area contributed by atoms with Gasteiger partial charge in [-0.3, -0.25) is 9.59 Å². The van der Waals surface area contributed by atoms with Gasteiger partial charge in [0, 0.05) is 18.0 Å². The van der Waals surface area contributed by atoms with Crippen molar-refractivity contribution < 1.29 is 14.3 Å². The molecule has 1 saturated carbocycles. The quantitative estimate of drug-likeness (QED) is 0.478. The highest BCUT2D eigenvalue weighted by molar-refractivity contribution is 5.76. The number of amides is 1. The van der Waals surface area contributed by atoms with E-state index in [9.17, 15) is 9.59 Å². The Labute approximate surface area is 199 Å². The van der Waals surface area contributed by atoms with E-state index in [0.717, 1.165) is 42.4 Å². The lowest BCUT2D eigenvalue weighted by atomic mass is 9.95. The van der Waals surface area contributed by atoms with Crippen molar-refractivity contribution in [2.75, 3.05) is 7.11 Å². The van der Waals surface area contributed by atoms with Crippen molar-refractivity contribution in [3.05, 3.63) is 69.0 Å². The minimum absolute atomic E-state index is 0.00151. The molecular weight excluding hydrogens is 430 g/mol. The Hall–Kier alpha value is -3.48. The average molecular weight is 462 g/mol. The van der Waals surface area contributed by atoms with E-state index >= 15 is 0 Å². The smallest absolute Gasteiger partial charge is 0.278 e. The Morgan fingerprint density at radius 2 is 1.91 bits per heavy atom. The van der Waals surface area contributed by atoms with E-state index in [1.807, 2.05) is 50.2 Å². The molecule has 2 heterocycles. The summed E-state index contributed by atoms with van der Waals surface area (Å²) in [7, 11) is 1.60. The molecule has 34 heavy (non-hydrogen) atoms. The number of aromatic nitrogens is 2. The lowest BCUT2D eigenvalue weighted by Gasteiger charge is -2.24. The van der Waals surface area contributed by atoms with Gasteiger partial charge in [-0.2, -0.15) is 0 Å². The van der Waals surface area contributed by atoms with Crippen molar-refractivity contribution in [1.29, 1.82) is 0 Å². The van der Waals surface area contributed by atoms with Crippen molar-refractivity contribution >= 4 is 5.91 Å². The molecule has 0 radical (unpaired) electrons. The summed E-state index contributed by atoms with van der Waals surface area (Å²) in [5, 5.41) is 3.17. The first kappa shape index (κ1) is 22.3. The maximum Gasteiger partial charge on any atom is 0.278 e. The van der Waals surface area contributed by atoms with E-state index in [4.69, 9.17) is 9.47 Å². The SMILES string of the molecule is COc1cccc2c1Oc1c(c(=O)n(-c3ccc(C)c(C)c3)n1CC(=O)NC1CCCCC1)C2. The van der Waals surface area contributed by atoms with Gasteiger partial charge < -0.3 is 14.8 Å². The van der Waals surface area contributed by atoms with Gasteiger partial charge in [0.25, 0.3) is 5.56 Å². The zero-order chi connectivity index (χ0) is 23.8. The molecule has 7 heteroatoms. The second kappa shape index (κ2) is 9.05. The molecule has 0 atom stereocenters. The van der Waals surface area contributed by atoms with Crippen LogP contribution in [0.2, 0.25) is 0 Å². The van der Waals surface area contributed by atoms with Gasteiger partial charge in [0.15, 0.2) is 11.5 Å². The van der Waals surface area contributed by atoms with E-state index in [-0.39, 0.29) is 24.1 Å². The fourth-order valence-electron chi connectivity index (χ4n) is 5.02. The predicted octanol–water partition coefficient (Wildman–Crippen LogP) is 4.41. The number of aryl methyl sites for hydroxylation is 2. The molecule has 7 nitrogen and oxygen atoms in total. The van der Waals surface area contributed by atoms with Crippen molar-refractivity contribution in [1.82, 2.24) is 14.7 Å². The fourth-order valence-corrected chi connectivity index (χ4v) is 5.02. The van der Waals surface area contributed by atoms with Crippen molar-refractivity contribution in [2.24, 2.45) is 0 Å². The Morgan fingerprint density at radius 1 is 1.12 bits per heavy atom. The molecule has 1 aliphatic carbocycles. The van der Waals surface area contributed by atoms with E-state index in [0.29, 0.717) is 35.1 Å². The summed E-state index contributed by atoms with van der Waals surface area (Å²) in [6.45, 7) is 4.05. The second-order valence-corrected chi connectivity index (χ2v) is 9.36. The van der Waals surface area contributed by atoms with Crippen LogP contribution in [-0.2, 0) is 17.8 Å². The van der Waals surface area contributed by atoms with E-state index in [1.54, 1.807) is 16.5 Å². The van der Waals surface area contributed by atoms with Gasteiger partial charge in [-0.05, 0) is 56.0 Å². The number of rotatable bonds is 5. The van der Waals surface area contributed by atoms with E-state index in [2.05, 4.69) is 5.32 Å². The number of carbonyl (C=O) groups is 1. The largest absolute Gasteiger partial charge is 0.493 e. The highest BCUT2D eigenvalue weighted by Crippen LogP contribution is 2.41. The lowest BCUT2D eigenvalue weighted by molar-refractivity contribution is -0.122. The summed E-state index contributed by atoms with van der Waals surface area (Å²) in [5.41, 5.74) is 4.20. The van der Waals surface area contributed by atoms with Crippen LogP contribution in [0.4, 0.5) is 0 Å². The van der Waals surface area contributed by atoms with Crippen LogP contribution in [0.5, 0.6) is 17.4 Å². The summed E-state index contributed by atoms with van der Waals surface area (Å²) < 4.78 is 15.1. The number of methoxy groups -OCH3 is 1. The normalized spacial score (nSPS) is 15.3. The molecule has 0 bridgehead atoms. The first-order chi connectivity index (χ1) is 16.5. The summed E-state index contributed by atoms with van der Waals surface area (Å²) in [6, 6.07) is 11.7. The average Bonchev–Trinajstić information content (AvgIpc) is 3.10. The second-order valence-electron chi connectivity index (χ2n) is 9.36. The van der Waals surface area contributed by atoms with Crippen LogP contribution in [0, 0.1) is 13.8 Å². The number of nitrogens with one attached hydrogen (secondary N) is 1. The number of carbonyl (C=O) groups excluding carboxylic acids is 1.